The normalized spacial score (nSPS) is 13.6. The summed E-state index contributed by atoms with van der Waals surface area (Å²) >= 11 is 0. The molecule has 1 aromatic carbocycles. The highest BCUT2D eigenvalue weighted by Crippen LogP contribution is 2.26. The Labute approximate surface area is 90.0 Å². The molecule has 5 heteroatoms. The van der Waals surface area contributed by atoms with Crippen molar-refractivity contribution >= 4 is 9.84 Å². The van der Waals surface area contributed by atoms with Crippen molar-refractivity contribution in [2.45, 2.75) is 17.9 Å². The number of ether oxygens (including phenoxy) is 1. The van der Waals surface area contributed by atoms with Crippen LogP contribution in [0.4, 0.5) is 0 Å². The van der Waals surface area contributed by atoms with E-state index >= 15 is 0 Å². The minimum absolute atomic E-state index is 0.146. The van der Waals surface area contributed by atoms with Gasteiger partial charge < -0.3 is 10.5 Å². The molecule has 2 N–H and O–H groups in total. The molecule has 1 unspecified atom stereocenters. The predicted molar refractivity (Wildman–Crippen MR) is 58.7 cm³/mol. The van der Waals surface area contributed by atoms with E-state index in [0.717, 1.165) is 11.8 Å². The maximum Gasteiger partial charge on any atom is 0.179 e. The Morgan fingerprint density at radius 2 is 2.00 bits per heavy atom. The van der Waals surface area contributed by atoms with Crippen molar-refractivity contribution in [2.75, 3.05) is 13.4 Å². The number of benzene rings is 1. The Bertz CT molecular complexity index is 452. The standard InChI is InChI=1S/C10H15NO3S/c1-7(11)8-4-5-10(15(3,12)13)9(6-8)14-2/h4-7H,11H2,1-3H3. The Morgan fingerprint density at radius 3 is 2.40 bits per heavy atom. The summed E-state index contributed by atoms with van der Waals surface area (Å²) in [5, 5.41) is 0. The maximum atomic E-state index is 11.4. The molecule has 0 radical (unpaired) electrons. The van der Waals surface area contributed by atoms with Crippen LogP contribution in [-0.4, -0.2) is 21.8 Å². The van der Waals surface area contributed by atoms with Crippen LogP contribution in [0, 0.1) is 0 Å². The van der Waals surface area contributed by atoms with E-state index in [2.05, 4.69) is 0 Å². The fourth-order valence-electron chi connectivity index (χ4n) is 1.27. The number of hydrogen-bond acceptors (Lipinski definition) is 4. The first-order chi connectivity index (χ1) is 6.86. The van der Waals surface area contributed by atoms with E-state index in [4.69, 9.17) is 10.5 Å². The summed E-state index contributed by atoms with van der Waals surface area (Å²) < 4.78 is 27.8. The molecule has 0 fully saturated rings. The first kappa shape index (κ1) is 12.0. The summed E-state index contributed by atoms with van der Waals surface area (Å²) in [7, 11) is -1.81. The Hall–Kier alpha value is -1.07. The zero-order valence-corrected chi connectivity index (χ0v) is 9.84. The largest absolute Gasteiger partial charge is 0.495 e. The van der Waals surface area contributed by atoms with Crippen LogP contribution in [0.2, 0.25) is 0 Å². The first-order valence-corrected chi connectivity index (χ1v) is 6.39. The molecule has 0 bridgehead atoms. The molecule has 1 aromatic rings. The number of rotatable bonds is 3. The molecule has 15 heavy (non-hydrogen) atoms. The van der Waals surface area contributed by atoms with Crippen molar-refractivity contribution in [1.29, 1.82) is 0 Å². The Kier molecular flexibility index (Phi) is 3.36. The molecule has 0 amide bonds. The van der Waals surface area contributed by atoms with Gasteiger partial charge in [-0.05, 0) is 24.6 Å². The van der Waals surface area contributed by atoms with Crippen LogP contribution in [0.1, 0.15) is 18.5 Å². The average molecular weight is 229 g/mol. The van der Waals surface area contributed by atoms with E-state index in [-0.39, 0.29) is 10.9 Å². The molecule has 0 aliphatic rings. The first-order valence-electron chi connectivity index (χ1n) is 4.50. The van der Waals surface area contributed by atoms with E-state index in [0.29, 0.717) is 5.75 Å². The summed E-state index contributed by atoms with van der Waals surface area (Å²) in [4.78, 5) is 0.189. The highest BCUT2D eigenvalue weighted by atomic mass is 32.2. The van der Waals surface area contributed by atoms with Gasteiger partial charge in [0.2, 0.25) is 0 Å². The Balaban J connectivity index is 3.34. The molecule has 0 heterocycles. The quantitative estimate of drug-likeness (QED) is 0.843. The molecule has 84 valence electrons. The van der Waals surface area contributed by atoms with Crippen LogP contribution >= 0.6 is 0 Å². The molecule has 4 nitrogen and oxygen atoms in total. The predicted octanol–water partition coefficient (Wildman–Crippen LogP) is 1.12. The molecule has 0 aromatic heterocycles. The van der Waals surface area contributed by atoms with Crippen LogP contribution < -0.4 is 10.5 Å². The van der Waals surface area contributed by atoms with Gasteiger partial charge in [0.15, 0.2) is 9.84 Å². The van der Waals surface area contributed by atoms with E-state index in [1.54, 1.807) is 12.1 Å². The summed E-state index contributed by atoms with van der Waals surface area (Å²) in [5.41, 5.74) is 6.54. The van der Waals surface area contributed by atoms with Crippen LogP contribution in [0.15, 0.2) is 23.1 Å². The van der Waals surface area contributed by atoms with E-state index < -0.39 is 9.84 Å². The third-order valence-electron chi connectivity index (χ3n) is 2.11. The second kappa shape index (κ2) is 4.20. The van der Waals surface area contributed by atoms with Crippen molar-refractivity contribution in [1.82, 2.24) is 0 Å². The highest BCUT2D eigenvalue weighted by molar-refractivity contribution is 7.90. The lowest BCUT2D eigenvalue weighted by molar-refractivity contribution is 0.402. The highest BCUT2D eigenvalue weighted by Gasteiger charge is 2.15. The number of sulfone groups is 1. The van der Waals surface area contributed by atoms with Gasteiger partial charge in [-0.25, -0.2) is 8.42 Å². The fourth-order valence-corrected chi connectivity index (χ4v) is 2.10. The lowest BCUT2D eigenvalue weighted by atomic mass is 10.1. The molecule has 1 atom stereocenters. The van der Waals surface area contributed by atoms with E-state index in [1.807, 2.05) is 6.92 Å². The maximum absolute atomic E-state index is 11.4. The van der Waals surface area contributed by atoms with E-state index in [1.165, 1.54) is 13.2 Å². The van der Waals surface area contributed by atoms with Crippen LogP contribution in [0.5, 0.6) is 5.75 Å². The number of hydrogen-bond donors (Lipinski definition) is 1. The molecule has 0 saturated heterocycles. The van der Waals surface area contributed by atoms with Crippen molar-refractivity contribution in [2.24, 2.45) is 5.73 Å². The van der Waals surface area contributed by atoms with Crippen LogP contribution in [0.25, 0.3) is 0 Å². The molecule has 0 spiro atoms. The van der Waals surface area contributed by atoms with Crippen molar-refractivity contribution in [3.05, 3.63) is 23.8 Å². The topological polar surface area (TPSA) is 69.4 Å². The average Bonchev–Trinajstić information content (AvgIpc) is 2.15. The number of methoxy groups -OCH3 is 1. The lowest BCUT2D eigenvalue weighted by Crippen LogP contribution is -2.07. The van der Waals surface area contributed by atoms with Gasteiger partial charge in [-0.3, -0.25) is 0 Å². The lowest BCUT2D eigenvalue weighted by Gasteiger charge is -2.11. The van der Waals surface area contributed by atoms with Gasteiger partial charge in [0.05, 0.1) is 7.11 Å². The molecule has 0 aliphatic heterocycles. The third kappa shape index (κ3) is 2.70. The zero-order valence-electron chi connectivity index (χ0n) is 9.02. The van der Waals surface area contributed by atoms with Gasteiger partial charge >= 0.3 is 0 Å². The van der Waals surface area contributed by atoms with Gasteiger partial charge in [0.25, 0.3) is 0 Å². The third-order valence-corrected chi connectivity index (χ3v) is 3.25. The SMILES string of the molecule is COc1cc(C(C)N)ccc1S(C)(=O)=O. The molecular formula is C10H15NO3S. The molecule has 1 rings (SSSR count). The van der Waals surface area contributed by atoms with Crippen molar-refractivity contribution in [3.63, 3.8) is 0 Å². The minimum Gasteiger partial charge on any atom is -0.495 e. The van der Waals surface area contributed by atoms with E-state index in [9.17, 15) is 8.42 Å². The Morgan fingerprint density at radius 1 is 1.40 bits per heavy atom. The van der Waals surface area contributed by atoms with Gasteiger partial charge in [-0.15, -0.1) is 0 Å². The van der Waals surface area contributed by atoms with Gasteiger partial charge in [0, 0.05) is 12.3 Å². The molecular weight excluding hydrogens is 214 g/mol. The number of nitrogens with two attached hydrogens (primary N) is 1. The van der Waals surface area contributed by atoms with Crippen LogP contribution in [0.3, 0.4) is 0 Å². The van der Waals surface area contributed by atoms with Crippen molar-refractivity contribution in [3.8, 4) is 5.75 Å². The smallest absolute Gasteiger partial charge is 0.179 e. The summed E-state index contributed by atoms with van der Waals surface area (Å²) in [6.45, 7) is 1.83. The zero-order chi connectivity index (χ0) is 11.6. The summed E-state index contributed by atoms with van der Waals surface area (Å²) in [6, 6.07) is 4.73. The van der Waals surface area contributed by atoms with Gasteiger partial charge in [-0.1, -0.05) is 6.07 Å². The second-order valence-corrected chi connectivity index (χ2v) is 5.46. The van der Waals surface area contributed by atoms with Crippen LogP contribution in [-0.2, 0) is 9.84 Å². The van der Waals surface area contributed by atoms with Crippen molar-refractivity contribution < 1.29 is 13.2 Å². The molecule has 0 aliphatic carbocycles. The van der Waals surface area contributed by atoms with Gasteiger partial charge in [0.1, 0.15) is 10.6 Å². The summed E-state index contributed by atoms with van der Waals surface area (Å²) in [6.07, 6.45) is 1.15. The molecule has 0 saturated carbocycles. The fraction of sp³-hybridized carbons (Fsp3) is 0.400. The summed E-state index contributed by atoms with van der Waals surface area (Å²) in [5.74, 6) is 0.340. The second-order valence-electron chi connectivity index (χ2n) is 3.47. The minimum atomic E-state index is -3.25. The van der Waals surface area contributed by atoms with Gasteiger partial charge in [-0.2, -0.15) is 0 Å². The monoisotopic (exact) mass is 229 g/mol.